The van der Waals surface area contributed by atoms with Crippen LogP contribution < -0.4 is 15.5 Å². The van der Waals surface area contributed by atoms with Crippen molar-refractivity contribution in [2.75, 3.05) is 31.6 Å². The summed E-state index contributed by atoms with van der Waals surface area (Å²) in [6, 6.07) is 18.4. The van der Waals surface area contributed by atoms with Crippen molar-refractivity contribution in [1.29, 1.82) is 0 Å². The van der Waals surface area contributed by atoms with Crippen LogP contribution in [0.5, 0.6) is 0 Å². The SMILES string of the molecule is CN=C(NCCCCOCc1ccccc1)NCc1ccc(N2CCCC2=O)cc1. The van der Waals surface area contributed by atoms with Gasteiger partial charge in [-0.15, -0.1) is 0 Å². The molecular weight excluding hydrogens is 376 g/mol. The molecule has 6 nitrogen and oxygen atoms in total. The van der Waals surface area contributed by atoms with E-state index in [1.807, 2.05) is 35.2 Å². The van der Waals surface area contributed by atoms with Crippen molar-refractivity contribution in [3.63, 3.8) is 0 Å². The molecule has 1 fully saturated rings. The molecule has 1 amide bonds. The molecule has 6 heteroatoms. The third-order valence-electron chi connectivity index (χ3n) is 5.12. The van der Waals surface area contributed by atoms with Crippen LogP contribution >= 0.6 is 0 Å². The number of hydrogen-bond donors (Lipinski definition) is 2. The number of anilines is 1. The lowest BCUT2D eigenvalue weighted by Crippen LogP contribution is -2.37. The molecule has 0 unspecified atom stereocenters. The van der Waals surface area contributed by atoms with Gasteiger partial charge < -0.3 is 20.3 Å². The summed E-state index contributed by atoms with van der Waals surface area (Å²) in [5.74, 6) is 1.01. The molecule has 2 N–H and O–H groups in total. The minimum atomic E-state index is 0.218. The van der Waals surface area contributed by atoms with Gasteiger partial charge in [-0.2, -0.15) is 0 Å². The number of nitrogens with zero attached hydrogens (tertiary/aromatic N) is 2. The highest BCUT2D eigenvalue weighted by Crippen LogP contribution is 2.21. The van der Waals surface area contributed by atoms with E-state index in [9.17, 15) is 4.79 Å². The van der Waals surface area contributed by atoms with Crippen LogP contribution in [-0.2, 0) is 22.7 Å². The van der Waals surface area contributed by atoms with Crippen molar-refractivity contribution in [2.24, 2.45) is 4.99 Å². The number of carbonyl (C=O) groups is 1. The summed E-state index contributed by atoms with van der Waals surface area (Å²) >= 11 is 0. The number of nitrogens with one attached hydrogen (secondary N) is 2. The molecule has 160 valence electrons. The highest BCUT2D eigenvalue weighted by Gasteiger charge is 2.21. The van der Waals surface area contributed by atoms with Gasteiger partial charge in [0.2, 0.25) is 5.91 Å². The molecular formula is C24H32N4O2. The monoisotopic (exact) mass is 408 g/mol. The van der Waals surface area contributed by atoms with E-state index in [0.717, 1.165) is 56.2 Å². The second-order valence-electron chi connectivity index (χ2n) is 7.41. The first-order valence-corrected chi connectivity index (χ1v) is 10.7. The zero-order chi connectivity index (χ0) is 21.0. The van der Waals surface area contributed by atoms with Crippen LogP contribution in [-0.4, -0.2) is 38.6 Å². The Labute approximate surface area is 179 Å². The predicted molar refractivity (Wildman–Crippen MR) is 122 cm³/mol. The average molecular weight is 409 g/mol. The lowest BCUT2D eigenvalue weighted by atomic mass is 10.2. The van der Waals surface area contributed by atoms with Gasteiger partial charge in [0.15, 0.2) is 5.96 Å². The number of aliphatic imine (C=N–C) groups is 1. The van der Waals surface area contributed by atoms with Crippen molar-refractivity contribution in [3.05, 3.63) is 65.7 Å². The van der Waals surface area contributed by atoms with Gasteiger partial charge in [0.05, 0.1) is 6.61 Å². The normalized spacial score (nSPS) is 14.2. The van der Waals surface area contributed by atoms with Crippen LogP contribution in [0.15, 0.2) is 59.6 Å². The minimum Gasteiger partial charge on any atom is -0.377 e. The second kappa shape index (κ2) is 12.0. The summed E-state index contributed by atoms with van der Waals surface area (Å²) in [7, 11) is 1.78. The molecule has 0 aliphatic carbocycles. The summed E-state index contributed by atoms with van der Waals surface area (Å²) in [5, 5.41) is 6.67. The van der Waals surface area contributed by atoms with E-state index in [1.54, 1.807) is 7.05 Å². The molecule has 0 spiro atoms. The Hall–Kier alpha value is -2.86. The molecule has 0 saturated carbocycles. The van der Waals surface area contributed by atoms with E-state index in [1.165, 1.54) is 5.56 Å². The van der Waals surface area contributed by atoms with E-state index < -0.39 is 0 Å². The molecule has 1 saturated heterocycles. The van der Waals surface area contributed by atoms with E-state index >= 15 is 0 Å². The lowest BCUT2D eigenvalue weighted by Gasteiger charge is -2.16. The molecule has 30 heavy (non-hydrogen) atoms. The average Bonchev–Trinajstić information content (AvgIpc) is 3.22. The van der Waals surface area contributed by atoms with Crippen molar-refractivity contribution in [1.82, 2.24) is 10.6 Å². The highest BCUT2D eigenvalue weighted by atomic mass is 16.5. The maximum Gasteiger partial charge on any atom is 0.227 e. The fourth-order valence-electron chi connectivity index (χ4n) is 3.42. The van der Waals surface area contributed by atoms with Crippen LogP contribution in [0.3, 0.4) is 0 Å². The fourth-order valence-corrected chi connectivity index (χ4v) is 3.42. The van der Waals surface area contributed by atoms with E-state index in [-0.39, 0.29) is 5.91 Å². The van der Waals surface area contributed by atoms with Crippen LogP contribution in [0, 0.1) is 0 Å². The molecule has 3 rings (SSSR count). The van der Waals surface area contributed by atoms with E-state index in [4.69, 9.17) is 4.74 Å². The zero-order valence-corrected chi connectivity index (χ0v) is 17.8. The molecule has 0 aromatic heterocycles. The maximum atomic E-state index is 11.8. The van der Waals surface area contributed by atoms with Gasteiger partial charge in [-0.25, -0.2) is 0 Å². The first kappa shape index (κ1) is 21.8. The van der Waals surface area contributed by atoms with Gasteiger partial charge in [-0.05, 0) is 42.5 Å². The van der Waals surface area contributed by atoms with Crippen LogP contribution in [0.4, 0.5) is 5.69 Å². The predicted octanol–water partition coefficient (Wildman–Crippen LogP) is 3.48. The first-order chi connectivity index (χ1) is 14.8. The number of benzene rings is 2. The largest absolute Gasteiger partial charge is 0.377 e. The number of guanidine groups is 1. The third kappa shape index (κ3) is 6.88. The standard InChI is InChI=1S/C24H32N4O2/c1-25-24(26-15-5-6-17-30-19-21-8-3-2-4-9-21)27-18-20-11-13-22(14-12-20)28-16-7-10-23(28)29/h2-4,8-9,11-14H,5-7,10,15-19H2,1H3,(H2,25,26,27). The summed E-state index contributed by atoms with van der Waals surface area (Å²) in [5.41, 5.74) is 3.35. The summed E-state index contributed by atoms with van der Waals surface area (Å²) in [6.45, 7) is 3.79. The fraction of sp³-hybridized carbons (Fsp3) is 0.417. The Morgan fingerprint density at radius 2 is 1.83 bits per heavy atom. The molecule has 0 radical (unpaired) electrons. The van der Waals surface area contributed by atoms with Gasteiger partial charge in [-0.3, -0.25) is 9.79 Å². The van der Waals surface area contributed by atoms with Crippen molar-refractivity contribution >= 4 is 17.6 Å². The van der Waals surface area contributed by atoms with Crippen LogP contribution in [0.1, 0.15) is 36.8 Å². The lowest BCUT2D eigenvalue weighted by molar-refractivity contribution is -0.117. The number of unbranched alkanes of at least 4 members (excludes halogenated alkanes) is 1. The summed E-state index contributed by atoms with van der Waals surface area (Å²) in [4.78, 5) is 18.0. The molecule has 2 aromatic carbocycles. The van der Waals surface area contributed by atoms with Crippen molar-refractivity contribution < 1.29 is 9.53 Å². The second-order valence-corrected chi connectivity index (χ2v) is 7.41. The van der Waals surface area contributed by atoms with E-state index in [0.29, 0.717) is 19.6 Å². The Balaban J connectivity index is 1.28. The number of ether oxygens (including phenoxy) is 1. The van der Waals surface area contributed by atoms with Crippen LogP contribution in [0.25, 0.3) is 0 Å². The molecule has 0 bridgehead atoms. The van der Waals surface area contributed by atoms with Gasteiger partial charge in [-0.1, -0.05) is 42.5 Å². The quantitative estimate of drug-likeness (QED) is 0.359. The van der Waals surface area contributed by atoms with Gasteiger partial charge >= 0.3 is 0 Å². The van der Waals surface area contributed by atoms with Crippen LogP contribution in [0.2, 0.25) is 0 Å². The first-order valence-electron chi connectivity index (χ1n) is 10.7. The number of carbonyl (C=O) groups excluding carboxylic acids is 1. The van der Waals surface area contributed by atoms with Crippen molar-refractivity contribution in [2.45, 2.75) is 38.8 Å². The Morgan fingerprint density at radius 3 is 2.53 bits per heavy atom. The smallest absolute Gasteiger partial charge is 0.227 e. The molecule has 0 atom stereocenters. The highest BCUT2D eigenvalue weighted by molar-refractivity contribution is 5.95. The third-order valence-corrected chi connectivity index (χ3v) is 5.12. The number of amides is 1. The molecule has 1 heterocycles. The Morgan fingerprint density at radius 1 is 1.03 bits per heavy atom. The van der Waals surface area contributed by atoms with Gasteiger partial charge in [0.1, 0.15) is 0 Å². The van der Waals surface area contributed by atoms with Crippen molar-refractivity contribution in [3.8, 4) is 0 Å². The molecule has 1 aliphatic rings. The molecule has 1 aliphatic heterocycles. The maximum absolute atomic E-state index is 11.8. The number of rotatable bonds is 10. The topological polar surface area (TPSA) is 66.0 Å². The van der Waals surface area contributed by atoms with Gasteiger partial charge in [0, 0.05) is 45.4 Å². The van der Waals surface area contributed by atoms with Gasteiger partial charge in [0.25, 0.3) is 0 Å². The Kier molecular flexibility index (Phi) is 8.72. The van der Waals surface area contributed by atoms with E-state index in [2.05, 4.69) is 39.9 Å². The summed E-state index contributed by atoms with van der Waals surface area (Å²) < 4.78 is 5.71. The molecule has 2 aromatic rings. The summed E-state index contributed by atoms with van der Waals surface area (Å²) in [6.07, 6.45) is 3.63. The number of hydrogen-bond acceptors (Lipinski definition) is 3. The Bertz CT molecular complexity index is 806. The minimum absolute atomic E-state index is 0.218. The zero-order valence-electron chi connectivity index (χ0n) is 17.8.